The molecule has 1 aliphatic rings. The van der Waals surface area contributed by atoms with E-state index in [0.717, 1.165) is 42.5 Å². The number of hydrogen-bond donors (Lipinski definition) is 1. The Balaban J connectivity index is 1.38. The molecule has 0 aliphatic carbocycles. The van der Waals surface area contributed by atoms with Gasteiger partial charge in [-0.2, -0.15) is 0 Å². The molecule has 2 aromatic carbocycles. The molecule has 4 heteroatoms. The van der Waals surface area contributed by atoms with Gasteiger partial charge < -0.3 is 10.2 Å². The minimum atomic E-state index is 0.0615. The summed E-state index contributed by atoms with van der Waals surface area (Å²) in [5.74, 6) is 0.163. The molecule has 1 N–H and O–H groups in total. The lowest BCUT2D eigenvalue weighted by Gasteiger charge is -2.33. The Morgan fingerprint density at radius 2 is 1.72 bits per heavy atom. The highest BCUT2D eigenvalue weighted by Crippen LogP contribution is 2.24. The number of amides is 1. The maximum atomic E-state index is 12.6. The number of aromatic nitrogens is 1. The number of fused-ring (bicyclic) bond motifs is 1. The SMILES string of the molecule is O=C(Nc1cnc2ccccc2c1)C1CCN(c2ccccc2)CC1. The molecule has 1 fully saturated rings. The average Bonchev–Trinajstić information content (AvgIpc) is 2.69. The third-order valence-electron chi connectivity index (χ3n) is 4.85. The highest BCUT2D eigenvalue weighted by atomic mass is 16.1. The third-order valence-corrected chi connectivity index (χ3v) is 4.85. The molecule has 0 unspecified atom stereocenters. The van der Waals surface area contributed by atoms with Crippen molar-refractivity contribution in [3.63, 3.8) is 0 Å². The van der Waals surface area contributed by atoms with Gasteiger partial charge >= 0.3 is 0 Å². The fourth-order valence-corrected chi connectivity index (χ4v) is 3.42. The smallest absolute Gasteiger partial charge is 0.227 e. The normalized spacial score (nSPS) is 15.3. The lowest BCUT2D eigenvalue weighted by Crippen LogP contribution is -2.38. The molecule has 3 aromatic rings. The first-order valence-corrected chi connectivity index (χ1v) is 8.75. The largest absolute Gasteiger partial charge is 0.371 e. The van der Waals surface area contributed by atoms with Gasteiger partial charge in [-0.3, -0.25) is 9.78 Å². The van der Waals surface area contributed by atoms with Crippen molar-refractivity contribution < 1.29 is 4.79 Å². The first kappa shape index (κ1) is 15.6. The van der Waals surface area contributed by atoms with Crippen molar-refractivity contribution in [2.75, 3.05) is 23.3 Å². The number of rotatable bonds is 3. The molecule has 126 valence electrons. The number of para-hydroxylation sites is 2. The van der Waals surface area contributed by atoms with E-state index in [1.807, 2.05) is 36.4 Å². The van der Waals surface area contributed by atoms with Gasteiger partial charge in [0.2, 0.25) is 5.91 Å². The van der Waals surface area contributed by atoms with Crippen molar-refractivity contribution in [3.8, 4) is 0 Å². The second-order valence-corrected chi connectivity index (χ2v) is 6.50. The van der Waals surface area contributed by atoms with Crippen molar-refractivity contribution in [3.05, 3.63) is 66.9 Å². The summed E-state index contributed by atoms with van der Waals surface area (Å²) in [4.78, 5) is 19.3. The van der Waals surface area contributed by atoms with Crippen molar-refractivity contribution in [2.45, 2.75) is 12.8 Å². The standard InChI is InChI=1S/C21H21N3O/c25-21(23-18-14-17-6-4-5-9-20(17)22-15-18)16-10-12-24(13-11-16)19-7-2-1-3-8-19/h1-9,14-16H,10-13H2,(H,23,25). The summed E-state index contributed by atoms with van der Waals surface area (Å²) in [6.45, 7) is 1.83. The molecule has 1 saturated heterocycles. The predicted octanol–water partition coefficient (Wildman–Crippen LogP) is 4.09. The van der Waals surface area contributed by atoms with Crippen LogP contribution in [0.3, 0.4) is 0 Å². The molecule has 2 heterocycles. The molecule has 0 saturated carbocycles. The van der Waals surface area contributed by atoms with E-state index in [1.165, 1.54) is 5.69 Å². The molecule has 25 heavy (non-hydrogen) atoms. The lowest BCUT2D eigenvalue weighted by atomic mass is 9.95. The van der Waals surface area contributed by atoms with Crippen molar-refractivity contribution in [1.29, 1.82) is 0 Å². The average molecular weight is 331 g/mol. The maximum absolute atomic E-state index is 12.6. The third kappa shape index (κ3) is 3.48. The van der Waals surface area contributed by atoms with E-state index in [-0.39, 0.29) is 11.8 Å². The summed E-state index contributed by atoms with van der Waals surface area (Å²) >= 11 is 0. The summed E-state index contributed by atoms with van der Waals surface area (Å²) in [5, 5.41) is 4.08. The number of carbonyl (C=O) groups excluding carboxylic acids is 1. The zero-order valence-electron chi connectivity index (χ0n) is 14.1. The maximum Gasteiger partial charge on any atom is 0.227 e. The van der Waals surface area contributed by atoms with Gasteiger partial charge in [-0.15, -0.1) is 0 Å². The van der Waals surface area contributed by atoms with E-state index in [1.54, 1.807) is 6.20 Å². The summed E-state index contributed by atoms with van der Waals surface area (Å²) < 4.78 is 0. The van der Waals surface area contributed by atoms with Crippen LogP contribution >= 0.6 is 0 Å². The first-order chi connectivity index (χ1) is 12.3. The van der Waals surface area contributed by atoms with Gasteiger partial charge in [0.25, 0.3) is 0 Å². The predicted molar refractivity (Wildman–Crippen MR) is 102 cm³/mol. The summed E-state index contributed by atoms with van der Waals surface area (Å²) in [7, 11) is 0. The number of piperidine rings is 1. The second kappa shape index (κ2) is 6.93. The van der Waals surface area contributed by atoms with Crippen LogP contribution in [0.25, 0.3) is 10.9 Å². The highest BCUT2D eigenvalue weighted by molar-refractivity contribution is 5.94. The van der Waals surface area contributed by atoms with Crippen LogP contribution in [0, 0.1) is 5.92 Å². The monoisotopic (exact) mass is 331 g/mol. The fraction of sp³-hybridized carbons (Fsp3) is 0.238. The second-order valence-electron chi connectivity index (χ2n) is 6.50. The molecular weight excluding hydrogens is 310 g/mol. The lowest BCUT2D eigenvalue weighted by molar-refractivity contribution is -0.120. The number of nitrogens with zero attached hydrogens (tertiary/aromatic N) is 2. The van der Waals surface area contributed by atoms with Crippen LogP contribution in [0.2, 0.25) is 0 Å². The molecule has 0 bridgehead atoms. The molecular formula is C21H21N3O. The van der Waals surface area contributed by atoms with Gasteiger partial charge in [0.15, 0.2) is 0 Å². The number of carbonyl (C=O) groups is 1. The Hall–Kier alpha value is -2.88. The molecule has 4 nitrogen and oxygen atoms in total. The molecule has 1 aromatic heterocycles. The van der Waals surface area contributed by atoms with E-state index >= 15 is 0 Å². The van der Waals surface area contributed by atoms with Crippen LogP contribution in [-0.4, -0.2) is 24.0 Å². The topological polar surface area (TPSA) is 45.2 Å². The van der Waals surface area contributed by atoms with Gasteiger partial charge in [0.05, 0.1) is 17.4 Å². The molecule has 4 rings (SSSR count). The van der Waals surface area contributed by atoms with E-state index < -0.39 is 0 Å². The number of pyridine rings is 1. The Morgan fingerprint density at radius 3 is 2.52 bits per heavy atom. The zero-order chi connectivity index (χ0) is 17.1. The van der Waals surface area contributed by atoms with Crippen LogP contribution in [-0.2, 0) is 4.79 Å². The molecule has 0 atom stereocenters. The van der Waals surface area contributed by atoms with Gasteiger partial charge in [0.1, 0.15) is 0 Å². The quantitative estimate of drug-likeness (QED) is 0.786. The van der Waals surface area contributed by atoms with Crippen molar-refractivity contribution >= 4 is 28.2 Å². The van der Waals surface area contributed by atoms with E-state index in [4.69, 9.17) is 0 Å². The van der Waals surface area contributed by atoms with E-state index in [0.29, 0.717) is 0 Å². The molecule has 1 aliphatic heterocycles. The Labute approximate surface area is 147 Å². The van der Waals surface area contributed by atoms with E-state index in [9.17, 15) is 4.79 Å². The van der Waals surface area contributed by atoms with Gasteiger partial charge in [-0.05, 0) is 37.1 Å². The van der Waals surface area contributed by atoms with E-state index in [2.05, 4.69) is 39.5 Å². The highest BCUT2D eigenvalue weighted by Gasteiger charge is 2.25. The Morgan fingerprint density at radius 1 is 1.00 bits per heavy atom. The number of nitrogens with one attached hydrogen (secondary N) is 1. The zero-order valence-corrected chi connectivity index (χ0v) is 14.1. The van der Waals surface area contributed by atoms with Crippen LogP contribution in [0.15, 0.2) is 66.9 Å². The van der Waals surface area contributed by atoms with Crippen LogP contribution < -0.4 is 10.2 Å². The van der Waals surface area contributed by atoms with Crippen LogP contribution in [0.1, 0.15) is 12.8 Å². The fourth-order valence-electron chi connectivity index (χ4n) is 3.42. The minimum absolute atomic E-state index is 0.0615. The van der Waals surface area contributed by atoms with Gasteiger partial charge in [-0.1, -0.05) is 36.4 Å². The minimum Gasteiger partial charge on any atom is -0.371 e. The van der Waals surface area contributed by atoms with Crippen molar-refractivity contribution in [1.82, 2.24) is 4.98 Å². The first-order valence-electron chi connectivity index (χ1n) is 8.75. The van der Waals surface area contributed by atoms with Gasteiger partial charge in [0, 0.05) is 30.1 Å². The number of benzene rings is 2. The van der Waals surface area contributed by atoms with Crippen molar-refractivity contribution in [2.24, 2.45) is 5.92 Å². The number of anilines is 2. The Kier molecular flexibility index (Phi) is 4.34. The molecule has 0 radical (unpaired) electrons. The van der Waals surface area contributed by atoms with Gasteiger partial charge in [-0.25, -0.2) is 0 Å². The van der Waals surface area contributed by atoms with Crippen LogP contribution in [0.5, 0.6) is 0 Å². The number of hydrogen-bond acceptors (Lipinski definition) is 3. The Bertz CT molecular complexity index is 870. The molecule has 1 amide bonds. The summed E-state index contributed by atoms with van der Waals surface area (Å²) in [6.07, 6.45) is 3.49. The van der Waals surface area contributed by atoms with Crippen LogP contribution in [0.4, 0.5) is 11.4 Å². The molecule has 0 spiro atoms. The summed E-state index contributed by atoms with van der Waals surface area (Å²) in [5.41, 5.74) is 2.95. The summed E-state index contributed by atoms with van der Waals surface area (Å²) in [6, 6.07) is 20.3.